The van der Waals surface area contributed by atoms with E-state index in [4.69, 9.17) is 5.73 Å². The van der Waals surface area contributed by atoms with Crippen LogP contribution in [0.5, 0.6) is 0 Å². The Morgan fingerprint density at radius 3 is 2.85 bits per heavy atom. The predicted octanol–water partition coefficient (Wildman–Crippen LogP) is 1.44. The van der Waals surface area contributed by atoms with E-state index >= 15 is 0 Å². The van der Waals surface area contributed by atoms with Crippen LogP contribution in [-0.2, 0) is 6.54 Å². The SMILES string of the molecule is Nc1ncn(CCC2CCCC2)n1. The standard InChI is InChI=1S/C9H16N4/c10-9-11-7-13(12-9)6-5-8-3-1-2-4-8/h7-8H,1-6H2,(H2,10,12). The summed E-state index contributed by atoms with van der Waals surface area (Å²) in [5, 5.41) is 4.05. The molecule has 1 aromatic rings. The first kappa shape index (κ1) is 8.53. The maximum absolute atomic E-state index is 5.42. The van der Waals surface area contributed by atoms with E-state index in [9.17, 15) is 0 Å². The van der Waals surface area contributed by atoms with Crippen LogP contribution in [0.15, 0.2) is 6.33 Å². The van der Waals surface area contributed by atoms with Crippen LogP contribution in [0.25, 0.3) is 0 Å². The fourth-order valence-electron chi connectivity index (χ4n) is 2.03. The van der Waals surface area contributed by atoms with Crippen molar-refractivity contribution < 1.29 is 0 Å². The third kappa shape index (κ3) is 2.20. The molecule has 2 rings (SSSR count). The molecule has 4 nitrogen and oxygen atoms in total. The van der Waals surface area contributed by atoms with Gasteiger partial charge in [-0.15, -0.1) is 5.10 Å². The normalized spacial score (nSPS) is 18.2. The molecule has 1 fully saturated rings. The van der Waals surface area contributed by atoms with E-state index < -0.39 is 0 Å². The second kappa shape index (κ2) is 3.77. The van der Waals surface area contributed by atoms with Gasteiger partial charge in [-0.2, -0.15) is 0 Å². The molecule has 0 aliphatic heterocycles. The molecule has 1 aliphatic rings. The average molecular weight is 180 g/mol. The summed E-state index contributed by atoms with van der Waals surface area (Å²) in [6, 6.07) is 0. The van der Waals surface area contributed by atoms with Crippen LogP contribution in [0.3, 0.4) is 0 Å². The summed E-state index contributed by atoms with van der Waals surface area (Å²) < 4.78 is 1.84. The van der Waals surface area contributed by atoms with Gasteiger partial charge in [0.2, 0.25) is 5.95 Å². The van der Waals surface area contributed by atoms with Crippen LogP contribution < -0.4 is 5.73 Å². The van der Waals surface area contributed by atoms with Gasteiger partial charge in [0.25, 0.3) is 0 Å². The lowest BCUT2D eigenvalue weighted by atomic mass is 10.0. The molecule has 1 aliphatic carbocycles. The number of nitrogens with two attached hydrogens (primary N) is 1. The van der Waals surface area contributed by atoms with Crippen molar-refractivity contribution in [1.29, 1.82) is 0 Å². The van der Waals surface area contributed by atoms with Gasteiger partial charge in [0, 0.05) is 6.54 Å². The Morgan fingerprint density at radius 2 is 2.23 bits per heavy atom. The van der Waals surface area contributed by atoms with Crippen molar-refractivity contribution >= 4 is 5.95 Å². The quantitative estimate of drug-likeness (QED) is 0.765. The molecular formula is C9H16N4. The summed E-state index contributed by atoms with van der Waals surface area (Å²) in [5.74, 6) is 1.29. The van der Waals surface area contributed by atoms with Gasteiger partial charge in [-0.25, -0.2) is 4.98 Å². The van der Waals surface area contributed by atoms with Gasteiger partial charge < -0.3 is 5.73 Å². The van der Waals surface area contributed by atoms with Crippen LogP contribution in [0.2, 0.25) is 0 Å². The van der Waals surface area contributed by atoms with E-state index in [1.807, 2.05) is 4.68 Å². The molecule has 0 unspecified atom stereocenters. The molecule has 13 heavy (non-hydrogen) atoms. The highest BCUT2D eigenvalue weighted by Gasteiger charge is 2.14. The summed E-state index contributed by atoms with van der Waals surface area (Å²) in [7, 11) is 0. The molecule has 0 aromatic carbocycles. The summed E-state index contributed by atoms with van der Waals surface area (Å²) in [6.07, 6.45) is 8.54. The second-order valence-corrected chi connectivity index (χ2v) is 3.80. The maximum Gasteiger partial charge on any atom is 0.239 e. The molecule has 0 radical (unpaired) electrons. The minimum atomic E-state index is 0.381. The molecule has 1 saturated carbocycles. The van der Waals surface area contributed by atoms with Crippen LogP contribution in [0.1, 0.15) is 32.1 Å². The van der Waals surface area contributed by atoms with Gasteiger partial charge >= 0.3 is 0 Å². The lowest BCUT2D eigenvalue weighted by Crippen LogP contribution is -2.04. The van der Waals surface area contributed by atoms with Crippen LogP contribution in [0, 0.1) is 5.92 Å². The Morgan fingerprint density at radius 1 is 1.46 bits per heavy atom. The monoisotopic (exact) mass is 180 g/mol. The van der Waals surface area contributed by atoms with Crippen molar-refractivity contribution in [2.45, 2.75) is 38.6 Å². The first-order valence-electron chi connectivity index (χ1n) is 4.99. The number of aryl methyl sites for hydroxylation is 1. The van der Waals surface area contributed by atoms with Crippen molar-refractivity contribution in [2.75, 3.05) is 5.73 Å². The van der Waals surface area contributed by atoms with Crippen LogP contribution in [0.4, 0.5) is 5.95 Å². The lowest BCUT2D eigenvalue weighted by molar-refractivity contribution is 0.439. The molecule has 0 atom stereocenters. The zero-order valence-electron chi connectivity index (χ0n) is 7.82. The van der Waals surface area contributed by atoms with Gasteiger partial charge in [-0.1, -0.05) is 25.7 Å². The van der Waals surface area contributed by atoms with Crippen LogP contribution >= 0.6 is 0 Å². The number of anilines is 1. The fraction of sp³-hybridized carbons (Fsp3) is 0.778. The van der Waals surface area contributed by atoms with Gasteiger partial charge in [0.1, 0.15) is 6.33 Å². The molecule has 1 heterocycles. The third-order valence-corrected chi connectivity index (χ3v) is 2.80. The molecular weight excluding hydrogens is 164 g/mol. The Bertz CT molecular complexity index is 262. The Labute approximate surface area is 78.1 Å². The summed E-state index contributed by atoms with van der Waals surface area (Å²) in [4.78, 5) is 3.89. The fourth-order valence-corrected chi connectivity index (χ4v) is 2.03. The van der Waals surface area contributed by atoms with E-state index in [1.54, 1.807) is 6.33 Å². The Balaban J connectivity index is 1.78. The smallest absolute Gasteiger partial charge is 0.239 e. The van der Waals surface area contributed by atoms with Gasteiger partial charge in [0.15, 0.2) is 0 Å². The highest BCUT2D eigenvalue weighted by Crippen LogP contribution is 2.27. The first-order valence-corrected chi connectivity index (χ1v) is 4.99. The molecule has 0 saturated heterocycles. The molecule has 72 valence electrons. The molecule has 0 amide bonds. The minimum absolute atomic E-state index is 0.381. The number of hydrogen-bond donors (Lipinski definition) is 1. The molecule has 2 N–H and O–H groups in total. The Kier molecular flexibility index (Phi) is 2.47. The van der Waals surface area contributed by atoms with Crippen molar-refractivity contribution in [1.82, 2.24) is 14.8 Å². The summed E-state index contributed by atoms with van der Waals surface area (Å²) >= 11 is 0. The van der Waals surface area contributed by atoms with E-state index in [0.717, 1.165) is 12.5 Å². The molecule has 0 spiro atoms. The number of rotatable bonds is 3. The maximum atomic E-state index is 5.42. The lowest BCUT2D eigenvalue weighted by Gasteiger charge is -2.07. The Hall–Kier alpha value is -1.06. The van der Waals surface area contributed by atoms with E-state index in [2.05, 4.69) is 10.1 Å². The minimum Gasteiger partial charge on any atom is -0.367 e. The molecule has 4 heteroatoms. The van der Waals surface area contributed by atoms with E-state index in [0.29, 0.717) is 5.95 Å². The van der Waals surface area contributed by atoms with Crippen molar-refractivity contribution in [3.8, 4) is 0 Å². The largest absolute Gasteiger partial charge is 0.367 e. The molecule has 0 bridgehead atoms. The molecule has 1 aromatic heterocycles. The zero-order valence-corrected chi connectivity index (χ0v) is 7.82. The van der Waals surface area contributed by atoms with Crippen molar-refractivity contribution in [3.05, 3.63) is 6.33 Å². The number of nitrogens with zero attached hydrogens (tertiary/aromatic N) is 3. The summed E-state index contributed by atoms with van der Waals surface area (Å²) in [5.41, 5.74) is 5.42. The average Bonchev–Trinajstić information content (AvgIpc) is 2.71. The number of nitrogen functional groups attached to an aromatic ring is 1. The highest BCUT2D eigenvalue weighted by molar-refractivity contribution is 5.09. The second-order valence-electron chi connectivity index (χ2n) is 3.80. The third-order valence-electron chi connectivity index (χ3n) is 2.80. The van der Waals surface area contributed by atoms with Gasteiger partial charge in [0.05, 0.1) is 0 Å². The van der Waals surface area contributed by atoms with Gasteiger partial charge in [-0.05, 0) is 12.3 Å². The van der Waals surface area contributed by atoms with Gasteiger partial charge in [-0.3, -0.25) is 4.68 Å². The van der Waals surface area contributed by atoms with Crippen molar-refractivity contribution in [3.63, 3.8) is 0 Å². The van der Waals surface area contributed by atoms with Crippen LogP contribution in [-0.4, -0.2) is 14.8 Å². The number of aromatic nitrogens is 3. The predicted molar refractivity (Wildman–Crippen MR) is 51.0 cm³/mol. The zero-order chi connectivity index (χ0) is 9.10. The number of hydrogen-bond acceptors (Lipinski definition) is 3. The topological polar surface area (TPSA) is 56.7 Å². The summed E-state index contributed by atoms with van der Waals surface area (Å²) in [6.45, 7) is 0.967. The van der Waals surface area contributed by atoms with Crippen molar-refractivity contribution in [2.24, 2.45) is 5.92 Å². The first-order chi connectivity index (χ1) is 6.34. The van der Waals surface area contributed by atoms with E-state index in [-0.39, 0.29) is 0 Å². The highest BCUT2D eigenvalue weighted by atomic mass is 15.3. The van der Waals surface area contributed by atoms with E-state index in [1.165, 1.54) is 32.1 Å².